The van der Waals surface area contributed by atoms with Crippen molar-refractivity contribution in [2.75, 3.05) is 66.1 Å². The molecule has 3 aliphatic rings. The third-order valence-electron chi connectivity index (χ3n) is 7.53. The van der Waals surface area contributed by atoms with Gasteiger partial charge in [0.1, 0.15) is 0 Å². The van der Waals surface area contributed by atoms with Crippen LogP contribution in [0.2, 0.25) is 0 Å². The third kappa shape index (κ3) is 7.35. The zero-order chi connectivity index (χ0) is 21.9. The van der Waals surface area contributed by atoms with E-state index in [1.54, 1.807) is 7.11 Å². The van der Waals surface area contributed by atoms with Crippen LogP contribution in [0.3, 0.4) is 0 Å². The second-order valence-electron chi connectivity index (χ2n) is 9.72. The molecule has 0 aromatic rings. The van der Waals surface area contributed by atoms with Crippen LogP contribution in [-0.4, -0.2) is 87.7 Å². The van der Waals surface area contributed by atoms with E-state index in [0.29, 0.717) is 17.2 Å². The minimum absolute atomic E-state index is 0.305. The molecule has 0 bridgehead atoms. The van der Waals surface area contributed by atoms with Crippen molar-refractivity contribution >= 4 is 11.9 Å². The van der Waals surface area contributed by atoms with E-state index in [1.165, 1.54) is 38.5 Å². The second kappa shape index (κ2) is 12.6. The number of nitrogens with zero attached hydrogens (tertiary/aromatic N) is 3. The molecule has 1 amide bonds. The number of methoxy groups -OCH3 is 1. The van der Waals surface area contributed by atoms with Gasteiger partial charge in [-0.3, -0.25) is 14.7 Å². The van der Waals surface area contributed by atoms with Crippen molar-refractivity contribution in [3.63, 3.8) is 0 Å². The Hall–Kier alpha value is -1.34. The molecule has 3 rings (SSSR count). The van der Waals surface area contributed by atoms with Gasteiger partial charge < -0.3 is 20.3 Å². The summed E-state index contributed by atoms with van der Waals surface area (Å²) in [6.07, 6.45) is 10.9. The molecule has 0 atom stereocenters. The zero-order valence-corrected chi connectivity index (χ0v) is 20.0. The molecule has 1 heterocycles. The molecule has 0 aromatic heterocycles. The number of ether oxygens (including phenoxy) is 1. The maximum absolute atomic E-state index is 12.6. The van der Waals surface area contributed by atoms with Crippen molar-refractivity contribution in [3.05, 3.63) is 0 Å². The molecule has 31 heavy (non-hydrogen) atoms. The molecule has 3 fully saturated rings. The van der Waals surface area contributed by atoms with E-state index in [9.17, 15) is 4.79 Å². The summed E-state index contributed by atoms with van der Waals surface area (Å²) in [5.41, 5.74) is 0.320. The molecule has 2 N–H and O–H groups in total. The van der Waals surface area contributed by atoms with E-state index >= 15 is 0 Å². The highest BCUT2D eigenvalue weighted by atomic mass is 16.5. The monoisotopic (exact) mass is 435 g/mol. The predicted octanol–water partition coefficient (Wildman–Crippen LogP) is 2.47. The largest absolute Gasteiger partial charge is 0.385 e. The van der Waals surface area contributed by atoms with Gasteiger partial charge >= 0.3 is 0 Å². The van der Waals surface area contributed by atoms with Crippen LogP contribution in [0, 0.1) is 11.3 Å². The van der Waals surface area contributed by atoms with E-state index in [2.05, 4.69) is 27.4 Å². The van der Waals surface area contributed by atoms with Gasteiger partial charge in [-0.05, 0) is 44.4 Å². The molecule has 7 nitrogen and oxygen atoms in total. The maximum atomic E-state index is 12.6. The Morgan fingerprint density at radius 1 is 1.06 bits per heavy atom. The van der Waals surface area contributed by atoms with Gasteiger partial charge in [0.2, 0.25) is 5.91 Å². The zero-order valence-electron chi connectivity index (χ0n) is 20.0. The molecule has 0 unspecified atom stereocenters. The number of nitrogens with one attached hydrogen (secondary N) is 2. The minimum Gasteiger partial charge on any atom is -0.385 e. The number of piperazine rings is 1. The fourth-order valence-electron chi connectivity index (χ4n) is 5.47. The van der Waals surface area contributed by atoms with Crippen molar-refractivity contribution < 1.29 is 9.53 Å². The van der Waals surface area contributed by atoms with Gasteiger partial charge in [0.15, 0.2) is 5.96 Å². The number of hydrogen-bond donors (Lipinski definition) is 2. The first kappa shape index (κ1) is 24.3. The number of carbonyl (C=O) groups excluding carboxylic acids is 1. The van der Waals surface area contributed by atoms with Gasteiger partial charge in [-0.2, -0.15) is 0 Å². The summed E-state index contributed by atoms with van der Waals surface area (Å²) < 4.78 is 5.36. The van der Waals surface area contributed by atoms with Crippen LogP contribution in [0.1, 0.15) is 64.7 Å². The fourth-order valence-corrected chi connectivity index (χ4v) is 5.47. The van der Waals surface area contributed by atoms with Gasteiger partial charge in [0.25, 0.3) is 0 Å². The molecule has 1 aliphatic heterocycles. The van der Waals surface area contributed by atoms with Crippen molar-refractivity contribution in [3.8, 4) is 0 Å². The first-order valence-electron chi connectivity index (χ1n) is 12.7. The van der Waals surface area contributed by atoms with E-state index in [4.69, 9.17) is 9.73 Å². The maximum Gasteiger partial charge on any atom is 0.225 e. The number of aliphatic imine (C=N–C) groups is 1. The van der Waals surface area contributed by atoms with Crippen LogP contribution >= 0.6 is 0 Å². The number of guanidine groups is 1. The van der Waals surface area contributed by atoms with Crippen molar-refractivity contribution in [2.45, 2.75) is 64.7 Å². The van der Waals surface area contributed by atoms with Gasteiger partial charge in [-0.15, -0.1) is 0 Å². The molecule has 0 radical (unpaired) electrons. The smallest absolute Gasteiger partial charge is 0.225 e. The molecule has 178 valence electrons. The lowest BCUT2D eigenvalue weighted by Crippen LogP contribution is -2.52. The highest BCUT2D eigenvalue weighted by molar-refractivity contribution is 5.80. The molecular formula is C24H45N5O2. The van der Waals surface area contributed by atoms with Crippen molar-refractivity contribution in [1.29, 1.82) is 0 Å². The SMILES string of the molecule is CCNC(=NCC1(CCOC)CCCC1)NCCN1CCN(C(=O)C2CCCC2)CC1. The van der Waals surface area contributed by atoms with Crippen LogP contribution in [0.25, 0.3) is 0 Å². The van der Waals surface area contributed by atoms with Crippen LogP contribution in [0.5, 0.6) is 0 Å². The first-order chi connectivity index (χ1) is 15.2. The van der Waals surface area contributed by atoms with Crippen molar-refractivity contribution in [2.24, 2.45) is 16.3 Å². The third-order valence-corrected chi connectivity index (χ3v) is 7.53. The molecule has 2 aliphatic carbocycles. The Labute approximate surface area is 189 Å². The standard InChI is InChI=1S/C24H45N5O2/c1-3-25-23(27-20-24(12-19-31-2)10-6-7-11-24)26-13-14-28-15-17-29(18-16-28)22(30)21-8-4-5-9-21/h21H,3-20H2,1-2H3,(H2,25,26,27). The number of carbonyl (C=O) groups is 1. The Morgan fingerprint density at radius 3 is 2.42 bits per heavy atom. The Morgan fingerprint density at radius 2 is 1.77 bits per heavy atom. The molecule has 7 heteroatoms. The molecule has 0 spiro atoms. The molecule has 2 saturated carbocycles. The number of amides is 1. The summed E-state index contributed by atoms with van der Waals surface area (Å²) in [6, 6.07) is 0. The summed E-state index contributed by atoms with van der Waals surface area (Å²) in [6.45, 7) is 10.3. The van der Waals surface area contributed by atoms with Gasteiger partial charge in [-0.1, -0.05) is 25.7 Å². The normalized spacial score (nSPS) is 22.8. The van der Waals surface area contributed by atoms with Gasteiger partial charge in [-0.25, -0.2) is 0 Å². The van der Waals surface area contributed by atoms with Gasteiger partial charge in [0, 0.05) is 72.0 Å². The van der Waals surface area contributed by atoms with Crippen LogP contribution in [-0.2, 0) is 9.53 Å². The van der Waals surface area contributed by atoms with E-state index in [1.807, 2.05) is 0 Å². The lowest BCUT2D eigenvalue weighted by Gasteiger charge is -2.36. The Kier molecular flexibility index (Phi) is 9.91. The quantitative estimate of drug-likeness (QED) is 0.408. The number of hydrogen-bond acceptors (Lipinski definition) is 4. The molecule has 1 saturated heterocycles. The van der Waals surface area contributed by atoms with E-state index in [0.717, 1.165) is 84.2 Å². The molecular weight excluding hydrogens is 390 g/mol. The Bertz CT molecular complexity index is 562. The highest BCUT2D eigenvalue weighted by Crippen LogP contribution is 2.41. The average molecular weight is 436 g/mol. The minimum atomic E-state index is 0.305. The van der Waals surface area contributed by atoms with E-state index < -0.39 is 0 Å². The molecule has 0 aromatic carbocycles. The van der Waals surface area contributed by atoms with Gasteiger partial charge in [0.05, 0.1) is 0 Å². The van der Waals surface area contributed by atoms with E-state index in [-0.39, 0.29) is 0 Å². The highest BCUT2D eigenvalue weighted by Gasteiger charge is 2.33. The van der Waals surface area contributed by atoms with Crippen LogP contribution in [0.15, 0.2) is 4.99 Å². The summed E-state index contributed by atoms with van der Waals surface area (Å²) in [7, 11) is 1.79. The van der Waals surface area contributed by atoms with Crippen LogP contribution < -0.4 is 10.6 Å². The lowest BCUT2D eigenvalue weighted by atomic mass is 9.83. The summed E-state index contributed by atoms with van der Waals surface area (Å²) in [4.78, 5) is 22.1. The second-order valence-corrected chi connectivity index (χ2v) is 9.72. The fraction of sp³-hybridized carbons (Fsp3) is 0.917. The summed E-state index contributed by atoms with van der Waals surface area (Å²) >= 11 is 0. The predicted molar refractivity (Wildman–Crippen MR) is 126 cm³/mol. The first-order valence-corrected chi connectivity index (χ1v) is 12.7. The topological polar surface area (TPSA) is 69.2 Å². The average Bonchev–Trinajstić information content (AvgIpc) is 3.49. The summed E-state index contributed by atoms with van der Waals surface area (Å²) in [5, 5.41) is 6.94. The Balaban J connectivity index is 1.39. The van der Waals surface area contributed by atoms with Crippen molar-refractivity contribution in [1.82, 2.24) is 20.4 Å². The van der Waals surface area contributed by atoms with Crippen LogP contribution in [0.4, 0.5) is 0 Å². The lowest BCUT2D eigenvalue weighted by molar-refractivity contribution is -0.137. The summed E-state index contributed by atoms with van der Waals surface area (Å²) in [5.74, 6) is 1.64. The number of rotatable bonds is 10.